The molecule has 1 fully saturated rings. The van der Waals surface area contributed by atoms with Crippen molar-refractivity contribution in [2.75, 3.05) is 31.7 Å². The molecular weight excluding hydrogens is 268 g/mol. The Kier molecular flexibility index (Phi) is 3.82. The summed E-state index contributed by atoms with van der Waals surface area (Å²) in [6.07, 6.45) is 3.06. The highest BCUT2D eigenvalue weighted by Crippen LogP contribution is 2.30. The molecule has 0 amide bonds. The molecule has 3 nitrogen and oxygen atoms in total. The van der Waals surface area contributed by atoms with Crippen LogP contribution in [0.2, 0.25) is 0 Å². The minimum atomic E-state index is 0.638. The minimum absolute atomic E-state index is 0.638. The number of hydrogen-bond donors (Lipinski definition) is 0. The largest absolute Gasteiger partial charge is 0.384 e. The smallest absolute Gasteiger partial charge is 0.143 e. The molecule has 2 rings (SSSR count). The van der Waals surface area contributed by atoms with Gasteiger partial charge < -0.3 is 9.64 Å². The minimum Gasteiger partial charge on any atom is -0.384 e. The number of halogens is 1. The zero-order chi connectivity index (χ0) is 11.5. The van der Waals surface area contributed by atoms with Crippen LogP contribution in [0.1, 0.15) is 12.0 Å². The van der Waals surface area contributed by atoms with E-state index in [1.807, 2.05) is 12.3 Å². The van der Waals surface area contributed by atoms with Crippen LogP contribution in [-0.2, 0) is 4.74 Å². The van der Waals surface area contributed by atoms with Crippen molar-refractivity contribution in [1.82, 2.24) is 4.98 Å². The summed E-state index contributed by atoms with van der Waals surface area (Å²) in [5, 5.41) is 0. The van der Waals surface area contributed by atoms with Gasteiger partial charge in [0.05, 0.1) is 11.1 Å². The van der Waals surface area contributed by atoms with Crippen LogP contribution in [0, 0.1) is 12.8 Å². The third kappa shape index (κ3) is 2.38. The van der Waals surface area contributed by atoms with Crippen LogP contribution in [0.4, 0.5) is 5.82 Å². The van der Waals surface area contributed by atoms with Gasteiger partial charge in [-0.25, -0.2) is 4.98 Å². The fourth-order valence-electron chi connectivity index (χ4n) is 2.14. The number of anilines is 1. The van der Waals surface area contributed by atoms with Crippen LogP contribution >= 0.6 is 15.9 Å². The second kappa shape index (κ2) is 5.15. The quantitative estimate of drug-likeness (QED) is 0.853. The van der Waals surface area contributed by atoms with Gasteiger partial charge in [-0.3, -0.25) is 0 Å². The summed E-state index contributed by atoms with van der Waals surface area (Å²) < 4.78 is 6.32. The van der Waals surface area contributed by atoms with Gasteiger partial charge in [0.15, 0.2) is 0 Å². The van der Waals surface area contributed by atoms with Crippen molar-refractivity contribution in [3.63, 3.8) is 0 Å². The predicted molar refractivity (Wildman–Crippen MR) is 68.9 cm³/mol. The lowest BCUT2D eigenvalue weighted by Crippen LogP contribution is -2.22. The van der Waals surface area contributed by atoms with Crippen molar-refractivity contribution in [3.8, 4) is 0 Å². The third-order valence-corrected chi connectivity index (χ3v) is 4.03. The van der Waals surface area contributed by atoms with E-state index in [0.717, 1.165) is 30.0 Å². The maximum atomic E-state index is 5.21. The highest BCUT2D eigenvalue weighted by atomic mass is 79.9. The SMILES string of the molecule is COCC1CCN(c2nccc(C)c2Br)C1. The lowest BCUT2D eigenvalue weighted by Gasteiger charge is -2.19. The highest BCUT2D eigenvalue weighted by molar-refractivity contribution is 9.10. The summed E-state index contributed by atoms with van der Waals surface area (Å²) in [6, 6.07) is 2.02. The van der Waals surface area contributed by atoms with Crippen molar-refractivity contribution in [2.45, 2.75) is 13.3 Å². The first kappa shape index (κ1) is 11.9. The number of aryl methyl sites for hydroxylation is 1. The van der Waals surface area contributed by atoms with Crippen LogP contribution in [0.5, 0.6) is 0 Å². The Morgan fingerprint density at radius 3 is 3.19 bits per heavy atom. The van der Waals surface area contributed by atoms with Crippen molar-refractivity contribution in [3.05, 3.63) is 22.3 Å². The molecule has 0 radical (unpaired) electrons. The lowest BCUT2D eigenvalue weighted by molar-refractivity contribution is 0.161. The van der Waals surface area contributed by atoms with E-state index in [0.29, 0.717) is 5.92 Å². The molecule has 16 heavy (non-hydrogen) atoms. The monoisotopic (exact) mass is 284 g/mol. The van der Waals surface area contributed by atoms with E-state index in [4.69, 9.17) is 4.74 Å². The average molecular weight is 285 g/mol. The maximum Gasteiger partial charge on any atom is 0.143 e. The first-order chi connectivity index (χ1) is 7.72. The van der Waals surface area contributed by atoms with Crippen molar-refractivity contribution in [1.29, 1.82) is 0 Å². The Morgan fingerprint density at radius 1 is 1.62 bits per heavy atom. The highest BCUT2D eigenvalue weighted by Gasteiger charge is 2.24. The molecule has 1 aromatic heterocycles. The molecule has 2 heterocycles. The molecule has 0 saturated carbocycles. The second-order valence-corrected chi connectivity index (χ2v) is 5.11. The molecule has 0 bridgehead atoms. The number of hydrogen-bond acceptors (Lipinski definition) is 3. The van der Waals surface area contributed by atoms with E-state index in [1.54, 1.807) is 7.11 Å². The summed E-state index contributed by atoms with van der Waals surface area (Å²) in [7, 11) is 1.77. The van der Waals surface area contributed by atoms with Crippen LogP contribution in [0.3, 0.4) is 0 Å². The molecular formula is C12H17BrN2O. The lowest BCUT2D eigenvalue weighted by atomic mass is 10.1. The summed E-state index contributed by atoms with van der Waals surface area (Å²) in [4.78, 5) is 6.79. The van der Waals surface area contributed by atoms with E-state index in [9.17, 15) is 0 Å². The van der Waals surface area contributed by atoms with Gasteiger partial charge in [-0.15, -0.1) is 0 Å². The first-order valence-electron chi connectivity index (χ1n) is 5.57. The van der Waals surface area contributed by atoms with Gasteiger partial charge in [0.2, 0.25) is 0 Å². The Morgan fingerprint density at radius 2 is 2.44 bits per heavy atom. The summed E-state index contributed by atoms with van der Waals surface area (Å²) in [5.74, 6) is 1.71. The van der Waals surface area contributed by atoms with Crippen molar-refractivity contribution >= 4 is 21.7 Å². The Balaban J connectivity index is 2.11. The molecule has 1 aromatic rings. The normalized spacial score (nSPS) is 20.4. The molecule has 88 valence electrons. The molecule has 0 aromatic carbocycles. The summed E-state index contributed by atoms with van der Waals surface area (Å²) in [6.45, 7) is 5.06. The van der Waals surface area contributed by atoms with E-state index in [2.05, 4.69) is 32.7 Å². The van der Waals surface area contributed by atoms with E-state index in [1.165, 1.54) is 12.0 Å². The zero-order valence-corrected chi connectivity index (χ0v) is 11.3. The van der Waals surface area contributed by atoms with Gasteiger partial charge in [-0.2, -0.15) is 0 Å². The standard InChI is InChI=1S/C12H17BrN2O/c1-9-3-5-14-12(11(9)13)15-6-4-10(7-15)8-16-2/h3,5,10H,4,6-8H2,1-2H3. The number of rotatable bonds is 3. The number of ether oxygens (including phenoxy) is 1. The second-order valence-electron chi connectivity index (χ2n) is 4.32. The maximum absolute atomic E-state index is 5.21. The predicted octanol–water partition coefficient (Wildman–Crippen LogP) is 2.63. The van der Waals surface area contributed by atoms with E-state index >= 15 is 0 Å². The zero-order valence-electron chi connectivity index (χ0n) is 9.74. The van der Waals surface area contributed by atoms with Crippen molar-refractivity contribution < 1.29 is 4.74 Å². The summed E-state index contributed by atoms with van der Waals surface area (Å²) >= 11 is 3.61. The van der Waals surface area contributed by atoms with Crippen LogP contribution < -0.4 is 4.90 Å². The topological polar surface area (TPSA) is 25.4 Å². The van der Waals surface area contributed by atoms with Gasteiger partial charge in [0.1, 0.15) is 5.82 Å². The van der Waals surface area contributed by atoms with E-state index in [-0.39, 0.29) is 0 Å². The molecule has 1 atom stereocenters. The fraction of sp³-hybridized carbons (Fsp3) is 0.583. The van der Waals surface area contributed by atoms with Gasteiger partial charge >= 0.3 is 0 Å². The first-order valence-corrected chi connectivity index (χ1v) is 6.36. The molecule has 1 unspecified atom stereocenters. The molecule has 0 aliphatic carbocycles. The van der Waals surface area contributed by atoms with Gasteiger partial charge in [0.25, 0.3) is 0 Å². The summed E-state index contributed by atoms with van der Waals surface area (Å²) in [5.41, 5.74) is 1.24. The number of methoxy groups -OCH3 is 1. The van der Waals surface area contributed by atoms with Crippen LogP contribution in [0.25, 0.3) is 0 Å². The molecule has 1 saturated heterocycles. The molecule has 4 heteroatoms. The molecule has 0 spiro atoms. The number of pyridine rings is 1. The number of nitrogens with zero attached hydrogens (tertiary/aromatic N) is 2. The Hall–Kier alpha value is -0.610. The van der Waals surface area contributed by atoms with Crippen molar-refractivity contribution in [2.24, 2.45) is 5.92 Å². The van der Waals surface area contributed by atoms with Gasteiger partial charge in [-0.05, 0) is 40.9 Å². The Bertz CT molecular complexity index is 370. The van der Waals surface area contributed by atoms with Gasteiger partial charge in [-0.1, -0.05) is 0 Å². The van der Waals surface area contributed by atoms with Gasteiger partial charge in [0, 0.05) is 32.3 Å². The van der Waals surface area contributed by atoms with E-state index < -0.39 is 0 Å². The number of aromatic nitrogens is 1. The van der Waals surface area contributed by atoms with Crippen LogP contribution in [0.15, 0.2) is 16.7 Å². The molecule has 1 aliphatic heterocycles. The third-order valence-electron chi connectivity index (χ3n) is 3.05. The molecule has 0 N–H and O–H groups in total. The van der Waals surface area contributed by atoms with Crippen LogP contribution in [-0.4, -0.2) is 31.8 Å². The average Bonchev–Trinajstić information content (AvgIpc) is 2.71. The fourth-order valence-corrected chi connectivity index (χ4v) is 2.63. The molecule has 1 aliphatic rings. The Labute approximate surface area is 105 Å².